The van der Waals surface area contributed by atoms with Crippen LogP contribution in [0, 0.1) is 11.8 Å². The van der Waals surface area contributed by atoms with Crippen LogP contribution in [0.15, 0.2) is 102 Å². The number of amides is 2. The number of anilines is 1. The number of benzene rings is 4. The number of carbonyl (C=O) groups excluding carboxylic acids is 2. The van der Waals surface area contributed by atoms with Crippen molar-refractivity contribution in [2.45, 2.75) is 11.3 Å². The van der Waals surface area contributed by atoms with Gasteiger partial charge in [-0.2, -0.15) is 0 Å². The minimum atomic E-state index is -0.950. The number of halogens is 2. The monoisotopic (exact) mass is 522 g/mol. The maximum atomic E-state index is 14.4. The lowest BCUT2D eigenvalue weighted by atomic mass is 9.47. The lowest BCUT2D eigenvalue weighted by Gasteiger charge is -2.52. The molecule has 0 aromatic heterocycles. The van der Waals surface area contributed by atoms with Crippen molar-refractivity contribution in [1.82, 2.24) is 0 Å². The molecule has 2 atom stereocenters. The molecule has 1 saturated heterocycles. The summed E-state index contributed by atoms with van der Waals surface area (Å²) >= 11 is 13.0. The van der Waals surface area contributed by atoms with Gasteiger partial charge in [-0.25, -0.2) is 4.90 Å². The highest BCUT2D eigenvalue weighted by molar-refractivity contribution is 6.36. The zero-order valence-electron chi connectivity index (χ0n) is 19.5. The van der Waals surface area contributed by atoms with Crippen LogP contribution in [0.5, 0.6) is 0 Å². The molecule has 2 bridgehead atoms. The summed E-state index contributed by atoms with van der Waals surface area (Å²) in [5.74, 6) is -1.98. The van der Waals surface area contributed by atoms with Gasteiger partial charge in [0.1, 0.15) is 0 Å². The number of nitrogens with zero attached hydrogens (tertiary/aromatic N) is 2. The van der Waals surface area contributed by atoms with Crippen molar-refractivity contribution >= 4 is 52.6 Å². The van der Waals surface area contributed by atoms with E-state index >= 15 is 0 Å². The molecule has 1 fully saturated rings. The predicted octanol–water partition coefficient (Wildman–Crippen LogP) is 6.95. The van der Waals surface area contributed by atoms with Gasteiger partial charge in [-0.05, 0) is 46.5 Å². The summed E-state index contributed by atoms with van der Waals surface area (Å²) < 4.78 is 0. The summed E-state index contributed by atoms with van der Waals surface area (Å²) in [5, 5.41) is 0.883. The minimum Gasteiger partial charge on any atom is -0.274 e. The molecule has 0 radical (unpaired) electrons. The Morgan fingerprint density at radius 3 is 1.92 bits per heavy atom. The molecule has 180 valence electrons. The number of para-hydroxylation sites is 2. The van der Waals surface area contributed by atoms with Gasteiger partial charge < -0.3 is 0 Å². The number of hydrogen-bond acceptors (Lipinski definition) is 3. The Hall–Kier alpha value is -3.73. The number of imide groups is 1. The molecule has 6 heteroatoms. The van der Waals surface area contributed by atoms with E-state index in [1.54, 1.807) is 30.3 Å². The maximum absolute atomic E-state index is 14.4. The summed E-state index contributed by atoms with van der Waals surface area (Å²) in [6.07, 6.45) is 1.85. The fourth-order valence-electron chi connectivity index (χ4n) is 6.65. The largest absolute Gasteiger partial charge is 0.274 e. The SMILES string of the molecule is O=C1C2C3c4ccccc4C(C=Nc4ccccc4Cl)(c4ccccc43)C2C(=O)N1c1ccccc1Cl. The van der Waals surface area contributed by atoms with Crippen LogP contribution in [0.2, 0.25) is 10.0 Å². The highest BCUT2D eigenvalue weighted by Crippen LogP contribution is 2.64. The summed E-state index contributed by atoms with van der Waals surface area (Å²) in [6.45, 7) is 0. The molecule has 1 heterocycles. The van der Waals surface area contributed by atoms with Crippen LogP contribution in [-0.2, 0) is 15.0 Å². The van der Waals surface area contributed by atoms with Gasteiger partial charge >= 0.3 is 0 Å². The first-order valence-corrected chi connectivity index (χ1v) is 12.9. The molecular weight excluding hydrogens is 503 g/mol. The lowest BCUT2D eigenvalue weighted by Crippen LogP contribution is -2.54. The number of rotatable bonds is 3. The van der Waals surface area contributed by atoms with Crippen molar-refractivity contribution in [1.29, 1.82) is 0 Å². The summed E-state index contributed by atoms with van der Waals surface area (Å²) in [7, 11) is 0. The molecular formula is C31H20Cl2N2O2. The zero-order valence-corrected chi connectivity index (χ0v) is 21.0. The van der Waals surface area contributed by atoms with E-state index < -0.39 is 17.3 Å². The second-order valence-corrected chi connectivity index (χ2v) is 10.5. The fraction of sp³-hybridized carbons (Fsp3) is 0.129. The van der Waals surface area contributed by atoms with Gasteiger partial charge in [0.25, 0.3) is 0 Å². The Kier molecular flexibility index (Phi) is 4.94. The second-order valence-electron chi connectivity index (χ2n) is 9.70. The maximum Gasteiger partial charge on any atom is 0.239 e. The van der Waals surface area contributed by atoms with E-state index in [0.29, 0.717) is 21.4 Å². The van der Waals surface area contributed by atoms with Gasteiger partial charge in [-0.15, -0.1) is 0 Å². The smallest absolute Gasteiger partial charge is 0.239 e. The molecule has 0 saturated carbocycles. The van der Waals surface area contributed by atoms with Crippen molar-refractivity contribution in [3.8, 4) is 0 Å². The normalized spacial score (nSPS) is 25.4. The van der Waals surface area contributed by atoms with Crippen LogP contribution in [0.4, 0.5) is 11.4 Å². The first-order valence-electron chi connectivity index (χ1n) is 12.1. The summed E-state index contributed by atoms with van der Waals surface area (Å²) in [6, 6.07) is 30.6. The third kappa shape index (κ3) is 2.94. The number of carbonyl (C=O) groups is 2. The van der Waals surface area contributed by atoms with Crippen LogP contribution in [-0.4, -0.2) is 18.0 Å². The fourth-order valence-corrected chi connectivity index (χ4v) is 7.05. The second kappa shape index (κ2) is 8.14. The van der Waals surface area contributed by atoms with Gasteiger partial charge in [-0.3, -0.25) is 14.6 Å². The number of aliphatic imine (C=N–C) groups is 1. The van der Waals surface area contributed by atoms with E-state index in [-0.39, 0.29) is 17.7 Å². The molecule has 2 unspecified atom stereocenters. The highest BCUT2D eigenvalue weighted by atomic mass is 35.5. The molecule has 0 spiro atoms. The molecule has 0 N–H and O–H groups in total. The van der Waals surface area contributed by atoms with E-state index in [1.807, 2.05) is 48.7 Å². The molecule has 2 amide bonds. The van der Waals surface area contributed by atoms with E-state index in [9.17, 15) is 9.59 Å². The first-order chi connectivity index (χ1) is 18.0. The quantitative estimate of drug-likeness (QED) is 0.216. The Morgan fingerprint density at radius 2 is 1.27 bits per heavy atom. The molecule has 4 nitrogen and oxygen atoms in total. The van der Waals surface area contributed by atoms with Crippen molar-refractivity contribution in [2.24, 2.45) is 16.8 Å². The Morgan fingerprint density at radius 1 is 0.703 bits per heavy atom. The Balaban J connectivity index is 1.53. The topological polar surface area (TPSA) is 49.7 Å². The molecule has 4 aliphatic rings. The molecule has 37 heavy (non-hydrogen) atoms. The van der Waals surface area contributed by atoms with Gasteiger partial charge in [0, 0.05) is 12.1 Å². The van der Waals surface area contributed by atoms with Crippen molar-refractivity contribution in [3.63, 3.8) is 0 Å². The van der Waals surface area contributed by atoms with E-state index in [4.69, 9.17) is 28.2 Å². The van der Waals surface area contributed by atoms with E-state index in [2.05, 4.69) is 24.3 Å². The molecule has 4 aromatic carbocycles. The van der Waals surface area contributed by atoms with Crippen LogP contribution >= 0.6 is 23.2 Å². The predicted molar refractivity (Wildman–Crippen MR) is 146 cm³/mol. The standard InChI is InChI=1S/C31H20Cl2N2O2/c32-22-13-5-7-15-24(22)34-17-31-20-11-3-1-9-18(20)26(19-10-2-4-12-21(19)31)27-28(31)30(37)35(29(27)36)25-16-8-6-14-23(25)33/h1-17,26-28H. The van der Waals surface area contributed by atoms with Crippen molar-refractivity contribution < 1.29 is 9.59 Å². The van der Waals surface area contributed by atoms with Crippen molar-refractivity contribution in [2.75, 3.05) is 4.90 Å². The third-order valence-corrected chi connectivity index (χ3v) is 8.68. The van der Waals surface area contributed by atoms with Gasteiger partial charge in [-0.1, -0.05) is 96.0 Å². The van der Waals surface area contributed by atoms with E-state index in [1.165, 1.54) is 4.90 Å². The lowest BCUT2D eigenvalue weighted by molar-refractivity contribution is -0.122. The highest BCUT2D eigenvalue weighted by Gasteiger charge is 2.68. The number of hydrogen-bond donors (Lipinski definition) is 0. The minimum absolute atomic E-state index is 0.229. The summed E-state index contributed by atoms with van der Waals surface area (Å²) in [4.78, 5) is 34.7. The zero-order chi connectivity index (χ0) is 25.3. The Labute approximate surface area is 224 Å². The van der Waals surface area contributed by atoms with E-state index in [0.717, 1.165) is 22.3 Å². The van der Waals surface area contributed by atoms with Crippen LogP contribution in [0.25, 0.3) is 0 Å². The van der Waals surface area contributed by atoms with Gasteiger partial charge in [0.05, 0.1) is 38.7 Å². The average Bonchev–Trinajstić information content (AvgIpc) is 3.19. The van der Waals surface area contributed by atoms with Gasteiger partial charge in [0.2, 0.25) is 11.8 Å². The first kappa shape index (κ1) is 22.5. The molecule has 3 aliphatic carbocycles. The van der Waals surface area contributed by atoms with Crippen molar-refractivity contribution in [3.05, 3.63) is 129 Å². The summed E-state index contributed by atoms with van der Waals surface area (Å²) in [5.41, 5.74) is 4.17. The Bertz CT molecular complexity index is 1600. The van der Waals surface area contributed by atoms with Gasteiger partial charge in [0.15, 0.2) is 0 Å². The molecule has 4 aromatic rings. The van der Waals surface area contributed by atoms with Crippen LogP contribution in [0.1, 0.15) is 28.2 Å². The average molecular weight is 523 g/mol. The third-order valence-electron chi connectivity index (χ3n) is 8.04. The van der Waals surface area contributed by atoms with Crippen LogP contribution < -0.4 is 4.90 Å². The molecule has 8 rings (SSSR count). The molecule has 1 aliphatic heterocycles. The van der Waals surface area contributed by atoms with Crippen LogP contribution in [0.3, 0.4) is 0 Å².